The number of nitrogens with one attached hydrogen (secondary N) is 1. The minimum absolute atomic E-state index is 0.0270. The second-order valence-electron chi connectivity index (χ2n) is 19.7. The van der Waals surface area contributed by atoms with Crippen molar-refractivity contribution >= 4 is 11.9 Å². The van der Waals surface area contributed by atoms with E-state index in [0.29, 0.717) is 36.8 Å². The van der Waals surface area contributed by atoms with Gasteiger partial charge < -0.3 is 62.9 Å². The Morgan fingerprint density at radius 1 is 0.938 bits per heavy atom. The van der Waals surface area contributed by atoms with Gasteiger partial charge in [-0.25, -0.2) is 0 Å². The molecule has 65 heavy (non-hydrogen) atoms. The van der Waals surface area contributed by atoms with Crippen LogP contribution in [-0.4, -0.2) is 140 Å². The molecule has 4 saturated heterocycles. The topological polar surface area (TPSA) is 179 Å². The molecule has 1 spiro atoms. The Morgan fingerprint density at radius 2 is 1.65 bits per heavy atom. The number of hydrogen-bond donors (Lipinski definition) is 3. The van der Waals surface area contributed by atoms with Crippen LogP contribution in [-0.2, 0) is 57.0 Å². The number of aliphatic hydroxyl groups excluding tert-OH is 1. The first kappa shape index (κ1) is 50.1. The van der Waals surface area contributed by atoms with E-state index in [4.69, 9.17) is 47.4 Å². The number of aliphatic hydroxyl groups is 2. The number of fused-ring (bicyclic) bond motifs is 2. The minimum Gasteiger partial charge on any atom is -0.462 e. The maximum atomic E-state index is 14.4. The first-order chi connectivity index (χ1) is 30.9. The van der Waals surface area contributed by atoms with Crippen molar-refractivity contribution in [2.24, 2.45) is 23.7 Å². The zero-order chi connectivity index (χ0) is 47.0. The molecule has 0 aromatic rings. The lowest BCUT2D eigenvalue weighted by Crippen LogP contribution is -2.58. The van der Waals surface area contributed by atoms with Gasteiger partial charge in [0, 0.05) is 58.7 Å². The third-order valence-electron chi connectivity index (χ3n) is 14.9. The molecule has 0 saturated carbocycles. The van der Waals surface area contributed by atoms with Crippen LogP contribution in [0.2, 0.25) is 0 Å². The van der Waals surface area contributed by atoms with Crippen LogP contribution in [0.3, 0.4) is 0 Å². The Balaban J connectivity index is 1.16. The fraction of sp³-hybridized carbons (Fsp3) is 0.760. The zero-order valence-corrected chi connectivity index (χ0v) is 40.2. The molecule has 15 nitrogen and oxygen atoms in total. The zero-order valence-electron chi connectivity index (χ0n) is 40.2. The SMILES string of the molecule is CC[C@H](C)[C@H]1O[C@]2(C=C[C@@H]1C)C[C@@H]1C[C@@H](C/C=C(/C)[C@@H](O[C@H]3C[C@H](OC)[C@@H](O[C@H]4C[C@H](OC)[C@@H](NC(C)=O)[C@H](C)O4)[C@H](C)O3)[C@@H](C)/C=C\C=C3CO[C@@H]4[C@H](O)C(C)=C[C@@H](C(=O)O1)[C@]34O)O2. The fourth-order valence-corrected chi connectivity index (χ4v) is 11.0. The molecular weight excluding hydrogens is 839 g/mol. The Bertz CT molecular complexity index is 1850. The van der Waals surface area contributed by atoms with Crippen LogP contribution in [0, 0.1) is 23.7 Å². The predicted molar refractivity (Wildman–Crippen MR) is 239 cm³/mol. The van der Waals surface area contributed by atoms with E-state index < -0.39 is 84.7 Å². The highest BCUT2D eigenvalue weighted by atomic mass is 16.7. The molecule has 3 N–H and O–H groups in total. The summed E-state index contributed by atoms with van der Waals surface area (Å²) < 4.78 is 64.4. The molecule has 0 radical (unpaired) electrons. The van der Waals surface area contributed by atoms with Crippen molar-refractivity contribution in [3.8, 4) is 0 Å². The van der Waals surface area contributed by atoms with E-state index in [-0.39, 0.29) is 61.0 Å². The molecule has 0 aromatic heterocycles. The van der Waals surface area contributed by atoms with Crippen LogP contribution in [0.4, 0.5) is 0 Å². The molecule has 4 fully saturated rings. The fourth-order valence-electron chi connectivity index (χ4n) is 11.0. The van der Waals surface area contributed by atoms with Gasteiger partial charge in [-0.15, -0.1) is 0 Å². The summed E-state index contributed by atoms with van der Waals surface area (Å²) in [4.78, 5) is 26.3. The summed E-state index contributed by atoms with van der Waals surface area (Å²) in [6.07, 6.45) is 9.46. The minimum atomic E-state index is -1.84. The summed E-state index contributed by atoms with van der Waals surface area (Å²) >= 11 is 0. The first-order valence-electron chi connectivity index (χ1n) is 23.8. The van der Waals surface area contributed by atoms with E-state index in [2.05, 4.69) is 45.2 Å². The predicted octanol–water partition coefficient (Wildman–Crippen LogP) is 5.52. The van der Waals surface area contributed by atoms with Gasteiger partial charge in [-0.2, -0.15) is 0 Å². The highest BCUT2D eigenvalue weighted by molar-refractivity contribution is 5.78. The summed E-state index contributed by atoms with van der Waals surface area (Å²) in [5, 5.41) is 26.7. The van der Waals surface area contributed by atoms with Gasteiger partial charge in [0.1, 0.15) is 35.9 Å². The molecule has 1 aliphatic carbocycles. The summed E-state index contributed by atoms with van der Waals surface area (Å²) in [5.41, 5.74) is 0.116. The molecule has 7 aliphatic rings. The van der Waals surface area contributed by atoms with Gasteiger partial charge >= 0.3 is 5.97 Å². The van der Waals surface area contributed by atoms with E-state index in [0.717, 1.165) is 12.0 Å². The van der Waals surface area contributed by atoms with E-state index in [1.807, 2.05) is 39.0 Å². The van der Waals surface area contributed by atoms with Crippen molar-refractivity contribution in [3.05, 3.63) is 59.3 Å². The third kappa shape index (κ3) is 10.6. The van der Waals surface area contributed by atoms with E-state index >= 15 is 0 Å². The lowest BCUT2D eigenvalue weighted by atomic mass is 9.71. The Morgan fingerprint density at radius 3 is 2.35 bits per heavy atom. The average molecular weight is 914 g/mol. The first-order valence-corrected chi connectivity index (χ1v) is 23.8. The van der Waals surface area contributed by atoms with Gasteiger partial charge in [0.25, 0.3) is 0 Å². The second-order valence-corrected chi connectivity index (χ2v) is 19.7. The highest BCUT2D eigenvalue weighted by Crippen LogP contribution is 2.47. The number of carbonyl (C=O) groups excluding carboxylic acids is 2. The van der Waals surface area contributed by atoms with Gasteiger partial charge in [0.15, 0.2) is 18.4 Å². The Hall–Kier alpha value is -2.80. The number of rotatable bonds is 9. The number of ether oxygens (including phenoxy) is 10. The van der Waals surface area contributed by atoms with Crippen LogP contribution in [0.5, 0.6) is 0 Å². The van der Waals surface area contributed by atoms with Gasteiger partial charge in [-0.3, -0.25) is 9.59 Å². The summed E-state index contributed by atoms with van der Waals surface area (Å²) in [5.74, 6) is -2.75. The molecule has 364 valence electrons. The van der Waals surface area contributed by atoms with E-state index in [9.17, 15) is 19.8 Å². The molecule has 0 aromatic carbocycles. The summed E-state index contributed by atoms with van der Waals surface area (Å²) in [6, 6.07) is -0.315. The molecule has 15 heteroatoms. The smallest absolute Gasteiger partial charge is 0.316 e. The van der Waals surface area contributed by atoms with Gasteiger partial charge in [0.05, 0.1) is 55.4 Å². The van der Waals surface area contributed by atoms with Crippen molar-refractivity contribution in [1.29, 1.82) is 0 Å². The van der Waals surface area contributed by atoms with Crippen molar-refractivity contribution in [3.63, 3.8) is 0 Å². The lowest BCUT2D eigenvalue weighted by Gasteiger charge is -2.48. The van der Waals surface area contributed by atoms with Crippen molar-refractivity contribution in [2.75, 3.05) is 20.8 Å². The van der Waals surface area contributed by atoms with E-state index in [1.165, 1.54) is 6.92 Å². The monoisotopic (exact) mass is 914 g/mol. The largest absolute Gasteiger partial charge is 0.462 e. The van der Waals surface area contributed by atoms with Crippen molar-refractivity contribution in [1.82, 2.24) is 5.32 Å². The van der Waals surface area contributed by atoms with E-state index in [1.54, 1.807) is 33.3 Å². The van der Waals surface area contributed by atoms with Crippen LogP contribution in [0.15, 0.2) is 59.3 Å². The standard InChI is InChI=1S/C50H75NO14/c1-12-26(2)45-29(5)18-19-49(65-45)24-36-21-35(64-49)17-16-28(4)44(27(3)14-13-15-34-25-58-47-43(53)30(6)20-37(48(54)61-36)50(34,47)55)62-41-23-39(57-11)46(32(8)60-41)63-40-22-38(56-10)42(31(7)59-40)51-33(9)52/h13-16,18-20,26-27,29,31-32,35-47,53,55H,12,17,21-25H2,1-11H3,(H,51,52)/b14-13-,28-16-,34-15?/t26-,27-,29-,31-,32-,35+,36-,37-,38-,39-,40-,41-,42-,43+,44-,45+,46-,47+,49+,50+/m0/s1. The van der Waals surface area contributed by atoms with Crippen LogP contribution >= 0.6 is 0 Å². The molecule has 2 bridgehead atoms. The van der Waals surface area contributed by atoms with Crippen LogP contribution in [0.1, 0.15) is 101 Å². The van der Waals surface area contributed by atoms with Crippen molar-refractivity contribution in [2.45, 2.75) is 198 Å². The number of allylic oxidation sites excluding steroid dienone is 2. The molecule has 0 unspecified atom stereocenters. The Labute approximate surface area is 385 Å². The number of amides is 1. The van der Waals surface area contributed by atoms with Crippen LogP contribution in [0.25, 0.3) is 0 Å². The van der Waals surface area contributed by atoms with Gasteiger partial charge in [-0.1, -0.05) is 70.6 Å². The third-order valence-corrected chi connectivity index (χ3v) is 14.9. The molecular formula is C50H75NO14. The van der Waals surface area contributed by atoms with Crippen molar-refractivity contribution < 1.29 is 67.2 Å². The number of methoxy groups -OCH3 is 2. The lowest BCUT2D eigenvalue weighted by molar-refractivity contribution is -0.311. The molecule has 6 aliphatic heterocycles. The molecule has 20 atom stereocenters. The van der Waals surface area contributed by atoms with Gasteiger partial charge in [0.2, 0.25) is 5.91 Å². The molecule has 1 amide bonds. The number of esters is 1. The maximum Gasteiger partial charge on any atom is 0.316 e. The maximum absolute atomic E-state index is 14.4. The quantitative estimate of drug-likeness (QED) is 0.195. The molecule has 7 rings (SSSR count). The summed E-state index contributed by atoms with van der Waals surface area (Å²) in [6.45, 7) is 17.7. The normalized spacial score (nSPS) is 46.5. The second kappa shape index (κ2) is 20.8. The van der Waals surface area contributed by atoms with Crippen LogP contribution < -0.4 is 5.32 Å². The van der Waals surface area contributed by atoms with Gasteiger partial charge in [-0.05, 0) is 62.8 Å². The number of carbonyl (C=O) groups is 2. The highest BCUT2D eigenvalue weighted by Gasteiger charge is 2.60. The average Bonchev–Trinajstić information content (AvgIpc) is 3.61. The summed E-state index contributed by atoms with van der Waals surface area (Å²) in [7, 11) is 3.27. The Kier molecular flexibility index (Phi) is 16.0. The number of hydrogen-bond acceptors (Lipinski definition) is 14. The molecule has 6 heterocycles.